The van der Waals surface area contributed by atoms with Gasteiger partial charge in [-0.2, -0.15) is 5.26 Å². The lowest BCUT2D eigenvalue weighted by Gasteiger charge is -2.18. The molecule has 296 valence electrons. The normalized spacial score (nSPS) is 11.4. The second kappa shape index (κ2) is 21.5. The molecule has 0 saturated carbocycles. The summed E-state index contributed by atoms with van der Waals surface area (Å²) in [6, 6.07) is 29.2. The molecule has 1 unspecified atom stereocenters. The van der Waals surface area contributed by atoms with Crippen molar-refractivity contribution in [1.82, 2.24) is 20.9 Å². The van der Waals surface area contributed by atoms with Gasteiger partial charge < -0.3 is 30.5 Å². The second-order valence-corrected chi connectivity index (χ2v) is 14.5. The molecule has 5 aromatic rings. The van der Waals surface area contributed by atoms with E-state index < -0.39 is 5.97 Å². The van der Waals surface area contributed by atoms with E-state index in [0.29, 0.717) is 54.2 Å². The summed E-state index contributed by atoms with van der Waals surface area (Å²) in [5.74, 6) is 0.186. The summed E-state index contributed by atoms with van der Waals surface area (Å²) in [6.07, 6.45) is 6.40. The number of aromatic nitrogens is 1. The van der Waals surface area contributed by atoms with Crippen LogP contribution in [0.5, 0.6) is 11.5 Å². The van der Waals surface area contributed by atoms with Gasteiger partial charge in [0.05, 0.1) is 10.6 Å². The summed E-state index contributed by atoms with van der Waals surface area (Å²) in [5, 5.41) is 28.3. The molecule has 0 spiro atoms. The first-order valence-corrected chi connectivity index (χ1v) is 19.6. The highest BCUT2D eigenvalue weighted by Gasteiger charge is 2.16. The third-order valence-electron chi connectivity index (χ3n) is 9.91. The van der Waals surface area contributed by atoms with E-state index in [1.54, 1.807) is 24.4 Å². The van der Waals surface area contributed by atoms with Gasteiger partial charge in [-0.05, 0) is 103 Å². The second-order valence-electron chi connectivity index (χ2n) is 14.1. The smallest absolute Gasteiger partial charge is 0.303 e. The van der Waals surface area contributed by atoms with E-state index in [1.165, 1.54) is 22.9 Å². The first-order valence-electron chi connectivity index (χ1n) is 19.2. The minimum absolute atomic E-state index is 0.0784. The zero-order chi connectivity index (χ0) is 40.6. The van der Waals surface area contributed by atoms with Crippen molar-refractivity contribution in [2.45, 2.75) is 78.8 Å². The lowest BCUT2D eigenvalue weighted by atomic mass is 9.89. The van der Waals surface area contributed by atoms with Crippen LogP contribution in [0.2, 0.25) is 5.02 Å². The maximum atomic E-state index is 11.0. The Kier molecular flexibility index (Phi) is 16.0. The fourth-order valence-corrected chi connectivity index (χ4v) is 6.87. The Morgan fingerprint density at radius 3 is 2.35 bits per heavy atom. The molecule has 0 aliphatic heterocycles. The molecule has 0 radical (unpaired) electrons. The van der Waals surface area contributed by atoms with Crippen molar-refractivity contribution in [2.75, 3.05) is 13.1 Å². The molecule has 0 aliphatic rings. The van der Waals surface area contributed by atoms with Crippen molar-refractivity contribution < 1.29 is 24.2 Å². The average molecular weight is 788 g/mol. The predicted octanol–water partition coefficient (Wildman–Crippen LogP) is 8.67. The molecule has 1 aromatic heterocycles. The van der Waals surface area contributed by atoms with Crippen LogP contribution in [-0.2, 0) is 35.9 Å². The topological polar surface area (TPSA) is 146 Å². The van der Waals surface area contributed by atoms with Crippen LogP contribution in [0.4, 0.5) is 0 Å². The number of rotatable bonds is 22. The van der Waals surface area contributed by atoms with Crippen LogP contribution in [-0.4, -0.2) is 41.6 Å². The molecule has 0 saturated heterocycles. The molecule has 5 rings (SSSR count). The third kappa shape index (κ3) is 12.4. The molecule has 1 atom stereocenters. The van der Waals surface area contributed by atoms with Gasteiger partial charge in [0.1, 0.15) is 30.8 Å². The highest BCUT2D eigenvalue weighted by molar-refractivity contribution is 6.32. The van der Waals surface area contributed by atoms with Crippen LogP contribution in [0, 0.1) is 25.2 Å². The molecule has 4 aromatic carbocycles. The number of nitrogens with one attached hydrogen (secondary N) is 3. The molecule has 1 heterocycles. The summed E-state index contributed by atoms with van der Waals surface area (Å²) < 4.78 is 12.6. The van der Waals surface area contributed by atoms with E-state index >= 15 is 0 Å². The Labute approximate surface area is 340 Å². The number of carbonyl (C=O) groups is 2. The Balaban J connectivity index is 1.29. The first kappa shape index (κ1) is 42.4. The lowest BCUT2D eigenvalue weighted by Crippen LogP contribution is -2.26. The lowest BCUT2D eigenvalue weighted by molar-refractivity contribution is -0.137. The minimum atomic E-state index is -0.835. The molecular formula is C46H50ClN5O5. The number of pyridine rings is 1. The highest BCUT2D eigenvalue weighted by atomic mass is 35.5. The van der Waals surface area contributed by atoms with Crippen molar-refractivity contribution in [3.63, 3.8) is 0 Å². The monoisotopic (exact) mass is 787 g/mol. The number of carbonyl (C=O) groups excluding carboxylic acids is 1. The average Bonchev–Trinajstić information content (AvgIpc) is 3.21. The Morgan fingerprint density at radius 1 is 0.860 bits per heavy atom. The van der Waals surface area contributed by atoms with Crippen LogP contribution in [0.3, 0.4) is 0 Å². The predicted molar refractivity (Wildman–Crippen MR) is 224 cm³/mol. The number of nitrogens with zero attached hydrogens (tertiary/aromatic N) is 2. The van der Waals surface area contributed by atoms with Crippen LogP contribution >= 0.6 is 11.6 Å². The van der Waals surface area contributed by atoms with Crippen molar-refractivity contribution in [3.05, 3.63) is 135 Å². The molecular weight excluding hydrogens is 738 g/mol. The largest absolute Gasteiger partial charge is 0.488 e. The van der Waals surface area contributed by atoms with Crippen molar-refractivity contribution in [2.24, 2.45) is 0 Å². The van der Waals surface area contributed by atoms with Crippen molar-refractivity contribution >= 4 is 24.0 Å². The molecule has 1 amide bonds. The number of hydrogen-bond donors (Lipinski definition) is 4. The number of halogens is 1. The molecule has 57 heavy (non-hydrogen) atoms. The van der Waals surface area contributed by atoms with E-state index in [9.17, 15) is 14.9 Å². The molecule has 0 aliphatic carbocycles. The summed E-state index contributed by atoms with van der Waals surface area (Å²) in [4.78, 5) is 25.6. The van der Waals surface area contributed by atoms with Gasteiger partial charge in [0.15, 0.2) is 0 Å². The number of carboxylic acids is 1. The van der Waals surface area contributed by atoms with E-state index in [-0.39, 0.29) is 19.6 Å². The van der Waals surface area contributed by atoms with Crippen LogP contribution in [0.1, 0.15) is 71.6 Å². The number of amides is 1. The zero-order valence-corrected chi connectivity index (χ0v) is 33.5. The molecule has 4 N–H and O–H groups in total. The van der Waals surface area contributed by atoms with Gasteiger partial charge in [-0.25, -0.2) is 0 Å². The number of nitriles is 1. The standard InChI is InChI=1S/C46H50ClN5O5/c1-31(8-6-19-50-30-53)52-26-34-14-16-37(17-15-34)40-10-5-12-42(33(40)3)41-11-4-9-38(32(41)2)29-57-45-22-44(56-28-36-20-35(23-48)24-51-25-36)39(21-43(45)47)27-49-18-7-13-46(54)55/h4-5,9-12,14-17,20-22,24-25,30-31,49,52H,6-8,13,18-19,26-29H2,1-3H3,(H,50,53)(H,54,55). The molecule has 0 bridgehead atoms. The molecule has 10 nitrogen and oxygen atoms in total. The van der Waals surface area contributed by atoms with Gasteiger partial charge >= 0.3 is 5.97 Å². The summed E-state index contributed by atoms with van der Waals surface area (Å²) in [7, 11) is 0. The Hall–Kier alpha value is -5.73. The summed E-state index contributed by atoms with van der Waals surface area (Å²) in [5.41, 5.74) is 11.1. The number of aliphatic carboxylic acids is 1. The number of carboxylic acid groups (broad SMARTS) is 1. The van der Waals surface area contributed by atoms with Crippen LogP contribution < -0.4 is 25.4 Å². The van der Waals surface area contributed by atoms with Gasteiger partial charge in [-0.1, -0.05) is 72.3 Å². The van der Waals surface area contributed by atoms with E-state index in [4.69, 9.17) is 26.2 Å². The minimum Gasteiger partial charge on any atom is -0.488 e. The quantitative estimate of drug-likeness (QED) is 0.0400. The summed E-state index contributed by atoms with van der Waals surface area (Å²) >= 11 is 6.79. The van der Waals surface area contributed by atoms with Gasteiger partial charge in [0, 0.05) is 61.7 Å². The zero-order valence-electron chi connectivity index (χ0n) is 32.7. The highest BCUT2D eigenvalue weighted by Crippen LogP contribution is 2.37. The van der Waals surface area contributed by atoms with Gasteiger partial charge in [0.25, 0.3) is 0 Å². The maximum absolute atomic E-state index is 11.0. The molecule has 11 heteroatoms. The SMILES string of the molecule is Cc1c(COc2cc(OCc3cncc(C#N)c3)c(CNCCCC(=O)O)cc2Cl)cccc1-c1cccc(-c2ccc(CNC(C)CCCNC=O)cc2)c1C. The fourth-order valence-electron chi connectivity index (χ4n) is 6.63. The summed E-state index contributed by atoms with van der Waals surface area (Å²) in [6.45, 7) is 9.31. The van der Waals surface area contributed by atoms with Crippen molar-refractivity contribution in [1.29, 1.82) is 5.26 Å². The Morgan fingerprint density at radius 2 is 1.60 bits per heavy atom. The van der Waals surface area contributed by atoms with Gasteiger partial charge in [-0.3, -0.25) is 14.6 Å². The maximum Gasteiger partial charge on any atom is 0.303 e. The first-order chi connectivity index (χ1) is 27.7. The van der Waals surface area contributed by atoms with Crippen LogP contribution in [0.25, 0.3) is 22.3 Å². The van der Waals surface area contributed by atoms with E-state index in [1.807, 2.05) is 6.07 Å². The third-order valence-corrected chi connectivity index (χ3v) is 10.2. The van der Waals surface area contributed by atoms with Gasteiger partial charge in [-0.15, -0.1) is 0 Å². The van der Waals surface area contributed by atoms with E-state index in [2.05, 4.69) is 102 Å². The molecule has 0 fully saturated rings. The van der Waals surface area contributed by atoms with Crippen molar-refractivity contribution in [3.8, 4) is 39.8 Å². The van der Waals surface area contributed by atoms with Crippen LogP contribution in [0.15, 0.2) is 91.3 Å². The number of benzene rings is 4. The number of hydrogen-bond acceptors (Lipinski definition) is 8. The van der Waals surface area contributed by atoms with Gasteiger partial charge in [0.2, 0.25) is 6.41 Å². The van der Waals surface area contributed by atoms with E-state index in [0.717, 1.165) is 64.7 Å². The number of ether oxygens (including phenoxy) is 2. The Bertz CT molecular complexity index is 2170. The fraction of sp³-hybridized carbons (Fsp3) is 0.304.